The maximum atomic E-state index is 12.4. The van der Waals surface area contributed by atoms with Gasteiger partial charge in [0, 0.05) is 18.1 Å². The average molecular weight is 316 g/mol. The Bertz CT molecular complexity index is 514. The van der Waals surface area contributed by atoms with Crippen molar-refractivity contribution in [3.8, 4) is 0 Å². The zero-order chi connectivity index (χ0) is 14.5. The normalized spacial score (nSPS) is 18.7. The van der Waals surface area contributed by atoms with E-state index in [0.717, 1.165) is 5.75 Å². The summed E-state index contributed by atoms with van der Waals surface area (Å²) in [5.74, 6) is 0.565. The highest BCUT2D eigenvalue weighted by Gasteiger charge is 2.34. The van der Waals surface area contributed by atoms with Gasteiger partial charge < -0.3 is 9.64 Å². The zero-order valence-electron chi connectivity index (χ0n) is 10.9. The van der Waals surface area contributed by atoms with E-state index >= 15 is 0 Å². The third kappa shape index (κ3) is 3.40. The Hall–Kier alpha value is -1.34. The SMILES string of the molecule is CCOC(=O)C1CSCCN1C(=O)c1cncc(Cl)n1. The summed E-state index contributed by atoms with van der Waals surface area (Å²) >= 11 is 7.36. The Kier molecular flexibility index (Phi) is 5.19. The molecule has 0 radical (unpaired) electrons. The maximum absolute atomic E-state index is 12.4. The molecule has 1 aromatic rings. The lowest BCUT2D eigenvalue weighted by atomic mass is 10.2. The van der Waals surface area contributed by atoms with E-state index in [-0.39, 0.29) is 22.7 Å². The zero-order valence-corrected chi connectivity index (χ0v) is 12.5. The second-order valence-corrected chi connectivity index (χ2v) is 5.61. The van der Waals surface area contributed by atoms with E-state index in [1.54, 1.807) is 18.7 Å². The van der Waals surface area contributed by atoms with Crippen molar-refractivity contribution in [2.75, 3.05) is 24.7 Å². The number of carbonyl (C=O) groups excluding carboxylic acids is 2. The van der Waals surface area contributed by atoms with Crippen molar-refractivity contribution in [2.45, 2.75) is 13.0 Å². The summed E-state index contributed by atoms with van der Waals surface area (Å²) in [5.41, 5.74) is 0.138. The van der Waals surface area contributed by atoms with Crippen LogP contribution in [-0.4, -0.2) is 57.4 Å². The monoisotopic (exact) mass is 315 g/mol. The van der Waals surface area contributed by atoms with Crippen molar-refractivity contribution < 1.29 is 14.3 Å². The molecular formula is C12H14ClN3O3S. The van der Waals surface area contributed by atoms with Crippen LogP contribution in [0.25, 0.3) is 0 Å². The lowest BCUT2D eigenvalue weighted by Crippen LogP contribution is -2.51. The van der Waals surface area contributed by atoms with Crippen LogP contribution < -0.4 is 0 Å². The highest BCUT2D eigenvalue weighted by molar-refractivity contribution is 7.99. The molecule has 0 N–H and O–H groups in total. The Balaban J connectivity index is 2.19. The first kappa shape index (κ1) is 15.1. The lowest BCUT2D eigenvalue weighted by Gasteiger charge is -2.33. The van der Waals surface area contributed by atoms with Crippen LogP contribution in [0.3, 0.4) is 0 Å². The molecule has 1 fully saturated rings. The second kappa shape index (κ2) is 6.90. The largest absolute Gasteiger partial charge is 0.464 e. The first-order chi connectivity index (χ1) is 9.63. The number of ether oxygens (including phenoxy) is 1. The Morgan fingerprint density at radius 1 is 1.55 bits per heavy atom. The molecular weight excluding hydrogens is 302 g/mol. The number of amides is 1. The topological polar surface area (TPSA) is 72.4 Å². The highest BCUT2D eigenvalue weighted by Crippen LogP contribution is 2.20. The van der Waals surface area contributed by atoms with Gasteiger partial charge in [0.05, 0.1) is 19.0 Å². The number of esters is 1. The predicted molar refractivity (Wildman–Crippen MR) is 75.8 cm³/mol. The van der Waals surface area contributed by atoms with Gasteiger partial charge in [0.1, 0.15) is 16.9 Å². The van der Waals surface area contributed by atoms with Crippen LogP contribution in [0.2, 0.25) is 5.15 Å². The van der Waals surface area contributed by atoms with Gasteiger partial charge in [-0.1, -0.05) is 11.6 Å². The molecule has 1 aliphatic heterocycles. The molecule has 1 amide bonds. The van der Waals surface area contributed by atoms with Crippen molar-refractivity contribution in [3.63, 3.8) is 0 Å². The summed E-state index contributed by atoms with van der Waals surface area (Å²) in [6.45, 7) is 2.50. The molecule has 2 heterocycles. The van der Waals surface area contributed by atoms with Crippen LogP contribution in [0.4, 0.5) is 0 Å². The molecule has 8 heteroatoms. The van der Waals surface area contributed by atoms with Crippen molar-refractivity contribution >= 4 is 35.2 Å². The molecule has 1 atom stereocenters. The van der Waals surface area contributed by atoms with Gasteiger partial charge in [-0.2, -0.15) is 11.8 Å². The van der Waals surface area contributed by atoms with E-state index in [4.69, 9.17) is 16.3 Å². The molecule has 0 aromatic carbocycles. The van der Waals surface area contributed by atoms with Crippen molar-refractivity contribution in [3.05, 3.63) is 23.2 Å². The molecule has 2 rings (SSSR count). The third-order valence-corrected chi connectivity index (χ3v) is 3.98. The third-order valence-electron chi connectivity index (χ3n) is 2.77. The van der Waals surface area contributed by atoms with Crippen molar-refractivity contribution in [2.24, 2.45) is 0 Å². The van der Waals surface area contributed by atoms with Gasteiger partial charge >= 0.3 is 5.97 Å². The van der Waals surface area contributed by atoms with Gasteiger partial charge in [-0.3, -0.25) is 9.78 Å². The molecule has 0 aliphatic carbocycles. The average Bonchev–Trinajstić information content (AvgIpc) is 2.47. The van der Waals surface area contributed by atoms with Gasteiger partial charge in [-0.05, 0) is 6.92 Å². The number of hydrogen-bond donors (Lipinski definition) is 0. The summed E-state index contributed by atoms with van der Waals surface area (Å²) < 4.78 is 5.01. The number of aromatic nitrogens is 2. The number of halogens is 1. The fourth-order valence-corrected chi connectivity index (χ4v) is 3.05. The molecule has 0 saturated carbocycles. The second-order valence-electron chi connectivity index (χ2n) is 4.07. The van der Waals surface area contributed by atoms with Crippen LogP contribution in [0.5, 0.6) is 0 Å². The summed E-state index contributed by atoms with van der Waals surface area (Å²) in [6, 6.07) is -0.581. The molecule has 0 spiro atoms. The number of rotatable bonds is 3. The Morgan fingerprint density at radius 2 is 2.35 bits per heavy atom. The van der Waals surface area contributed by atoms with E-state index < -0.39 is 6.04 Å². The number of hydrogen-bond acceptors (Lipinski definition) is 6. The summed E-state index contributed by atoms with van der Waals surface area (Å²) in [6.07, 6.45) is 2.70. The minimum atomic E-state index is -0.581. The van der Waals surface area contributed by atoms with Crippen LogP contribution >= 0.6 is 23.4 Å². The van der Waals surface area contributed by atoms with Crippen LogP contribution in [0, 0.1) is 0 Å². The molecule has 0 bridgehead atoms. The van der Waals surface area contributed by atoms with Gasteiger partial charge in [0.15, 0.2) is 0 Å². The van der Waals surface area contributed by atoms with Crippen LogP contribution in [0.1, 0.15) is 17.4 Å². The van der Waals surface area contributed by atoms with Gasteiger partial charge in [-0.25, -0.2) is 9.78 Å². The standard InChI is InChI=1S/C12H14ClN3O3S/c1-2-19-12(18)9-7-20-4-3-16(9)11(17)8-5-14-6-10(13)15-8/h5-6,9H,2-4,7H2,1H3. The summed E-state index contributed by atoms with van der Waals surface area (Å²) in [7, 11) is 0. The summed E-state index contributed by atoms with van der Waals surface area (Å²) in [4.78, 5) is 33.6. The quantitative estimate of drug-likeness (QED) is 0.782. The van der Waals surface area contributed by atoms with Gasteiger partial charge in [0.25, 0.3) is 5.91 Å². The van der Waals surface area contributed by atoms with Gasteiger partial charge in [0.2, 0.25) is 0 Å². The number of nitrogens with zero attached hydrogens (tertiary/aromatic N) is 3. The maximum Gasteiger partial charge on any atom is 0.329 e. The minimum Gasteiger partial charge on any atom is -0.464 e. The first-order valence-corrected chi connectivity index (χ1v) is 7.69. The van der Waals surface area contributed by atoms with Crippen molar-refractivity contribution in [1.82, 2.24) is 14.9 Å². The van der Waals surface area contributed by atoms with E-state index in [9.17, 15) is 9.59 Å². The molecule has 6 nitrogen and oxygen atoms in total. The van der Waals surface area contributed by atoms with Crippen molar-refractivity contribution in [1.29, 1.82) is 0 Å². The van der Waals surface area contributed by atoms with Gasteiger partial charge in [-0.15, -0.1) is 0 Å². The minimum absolute atomic E-state index is 0.138. The van der Waals surface area contributed by atoms with E-state index in [1.807, 2.05) is 0 Å². The van der Waals surface area contributed by atoms with E-state index in [1.165, 1.54) is 17.3 Å². The summed E-state index contributed by atoms with van der Waals surface area (Å²) in [5, 5.41) is 0.148. The number of thioether (sulfide) groups is 1. The molecule has 1 aliphatic rings. The molecule has 1 unspecified atom stereocenters. The number of carbonyl (C=O) groups is 2. The molecule has 108 valence electrons. The van der Waals surface area contributed by atoms with Crippen LogP contribution in [-0.2, 0) is 9.53 Å². The van der Waals surface area contributed by atoms with Crippen LogP contribution in [0.15, 0.2) is 12.4 Å². The molecule has 1 aromatic heterocycles. The Morgan fingerprint density at radius 3 is 3.05 bits per heavy atom. The fourth-order valence-electron chi connectivity index (χ4n) is 1.87. The lowest BCUT2D eigenvalue weighted by molar-refractivity contribution is -0.147. The Labute approximate surface area is 125 Å². The molecule has 20 heavy (non-hydrogen) atoms. The fraction of sp³-hybridized carbons (Fsp3) is 0.500. The van der Waals surface area contributed by atoms with E-state index in [2.05, 4.69) is 9.97 Å². The smallest absolute Gasteiger partial charge is 0.329 e. The predicted octanol–water partition coefficient (Wildman–Crippen LogP) is 1.25. The first-order valence-electron chi connectivity index (χ1n) is 6.16. The molecule has 1 saturated heterocycles. The highest BCUT2D eigenvalue weighted by atomic mass is 35.5. The van der Waals surface area contributed by atoms with E-state index in [0.29, 0.717) is 18.9 Å².